The smallest absolute Gasteiger partial charge is 0.320 e. The molecule has 3 rings (SSSR count). The summed E-state index contributed by atoms with van der Waals surface area (Å²) in [6, 6.07) is 3.00. The highest BCUT2D eigenvalue weighted by Gasteiger charge is 2.35. The zero-order valence-electron chi connectivity index (χ0n) is 11.4. The van der Waals surface area contributed by atoms with Crippen LogP contribution in [-0.2, 0) is 0 Å². The molecule has 0 radical (unpaired) electrons. The number of hydrogen-bond donors (Lipinski definition) is 2. The fourth-order valence-corrected chi connectivity index (χ4v) is 3.14. The molecule has 104 valence electrons. The molecule has 5 heteroatoms. The first kappa shape index (κ1) is 12.5. The van der Waals surface area contributed by atoms with Gasteiger partial charge in [-0.3, -0.25) is 0 Å². The van der Waals surface area contributed by atoms with Crippen LogP contribution < -0.4 is 5.32 Å². The monoisotopic (exact) mass is 262 g/mol. The molecule has 0 bridgehead atoms. The molecule has 2 atom stereocenters. The predicted octanol–water partition coefficient (Wildman–Crippen LogP) is 1.57. The van der Waals surface area contributed by atoms with Crippen molar-refractivity contribution in [3.63, 3.8) is 0 Å². The molecule has 2 N–H and O–H groups in total. The second-order valence-corrected chi connectivity index (χ2v) is 5.58. The molecular weight excluding hydrogens is 240 g/mol. The molecule has 1 aromatic rings. The summed E-state index contributed by atoms with van der Waals surface area (Å²) in [4.78, 5) is 19.1. The maximum Gasteiger partial charge on any atom is 0.320 e. The number of amides is 2. The van der Waals surface area contributed by atoms with Gasteiger partial charge in [-0.05, 0) is 37.4 Å². The quantitative estimate of drug-likeness (QED) is 0.865. The van der Waals surface area contributed by atoms with Crippen LogP contribution in [0.15, 0.2) is 18.5 Å². The van der Waals surface area contributed by atoms with Crippen LogP contribution >= 0.6 is 0 Å². The molecule has 2 saturated heterocycles. The van der Waals surface area contributed by atoms with E-state index in [1.807, 2.05) is 29.2 Å². The van der Waals surface area contributed by atoms with E-state index in [1.54, 1.807) is 0 Å². The standard InChI is InChI=1S/C14H22N4O/c1-17-13(11-4-7-15-9-11)10-18(14(17)19)8-5-12-3-2-6-16-12/h4,7,9,12-13,15-16H,2-3,5-6,8,10H2,1H3. The van der Waals surface area contributed by atoms with Gasteiger partial charge in [0.25, 0.3) is 0 Å². The number of aromatic amines is 1. The van der Waals surface area contributed by atoms with Gasteiger partial charge in [0.15, 0.2) is 0 Å². The third kappa shape index (κ3) is 2.47. The van der Waals surface area contributed by atoms with Crippen molar-refractivity contribution in [1.29, 1.82) is 0 Å². The average molecular weight is 262 g/mol. The normalized spacial score (nSPS) is 27.5. The molecule has 2 unspecified atom stereocenters. The van der Waals surface area contributed by atoms with Gasteiger partial charge in [-0.1, -0.05) is 0 Å². The minimum atomic E-state index is 0.157. The van der Waals surface area contributed by atoms with Gasteiger partial charge in [0, 0.05) is 38.6 Å². The number of likely N-dealkylation sites (N-methyl/N-ethyl adjacent to an activating group) is 1. The lowest BCUT2D eigenvalue weighted by molar-refractivity contribution is 0.194. The summed E-state index contributed by atoms with van der Waals surface area (Å²) in [5.41, 5.74) is 1.19. The maximum atomic E-state index is 12.2. The third-order valence-electron chi connectivity index (χ3n) is 4.35. The number of carbonyl (C=O) groups excluding carboxylic acids is 1. The van der Waals surface area contributed by atoms with Crippen molar-refractivity contribution in [3.8, 4) is 0 Å². The number of aromatic nitrogens is 1. The van der Waals surface area contributed by atoms with Crippen molar-refractivity contribution >= 4 is 6.03 Å². The summed E-state index contributed by atoms with van der Waals surface area (Å²) >= 11 is 0. The van der Waals surface area contributed by atoms with Gasteiger partial charge in [-0.25, -0.2) is 4.79 Å². The summed E-state index contributed by atoms with van der Waals surface area (Å²) in [7, 11) is 1.90. The molecule has 2 aliphatic heterocycles. The minimum Gasteiger partial charge on any atom is -0.367 e. The van der Waals surface area contributed by atoms with Crippen molar-refractivity contribution in [2.24, 2.45) is 0 Å². The number of H-pyrrole nitrogens is 1. The summed E-state index contributed by atoms with van der Waals surface area (Å²) in [6.07, 6.45) is 7.48. The van der Waals surface area contributed by atoms with E-state index in [-0.39, 0.29) is 12.1 Å². The van der Waals surface area contributed by atoms with Crippen LogP contribution in [0.1, 0.15) is 30.9 Å². The number of rotatable bonds is 4. The number of nitrogens with one attached hydrogen (secondary N) is 2. The molecule has 0 aliphatic carbocycles. The van der Waals surface area contributed by atoms with Crippen LogP contribution in [0.25, 0.3) is 0 Å². The Hall–Kier alpha value is -1.49. The lowest BCUT2D eigenvalue weighted by Crippen LogP contribution is -2.33. The molecular formula is C14H22N4O. The zero-order chi connectivity index (χ0) is 13.2. The SMILES string of the molecule is CN1C(=O)N(CCC2CCCN2)CC1c1cc[nH]c1. The number of carbonyl (C=O) groups is 1. The van der Waals surface area contributed by atoms with Crippen molar-refractivity contribution in [2.45, 2.75) is 31.3 Å². The molecule has 19 heavy (non-hydrogen) atoms. The van der Waals surface area contributed by atoms with Crippen LogP contribution in [0.2, 0.25) is 0 Å². The van der Waals surface area contributed by atoms with E-state index in [2.05, 4.69) is 16.4 Å². The molecule has 0 aromatic carbocycles. The molecule has 0 saturated carbocycles. The van der Waals surface area contributed by atoms with Crippen LogP contribution in [0.4, 0.5) is 4.79 Å². The highest BCUT2D eigenvalue weighted by atomic mass is 16.2. The largest absolute Gasteiger partial charge is 0.367 e. The van der Waals surface area contributed by atoms with Crippen LogP contribution in [-0.4, -0.2) is 53.5 Å². The van der Waals surface area contributed by atoms with Gasteiger partial charge in [0.1, 0.15) is 0 Å². The summed E-state index contributed by atoms with van der Waals surface area (Å²) in [6.45, 7) is 2.80. The fourth-order valence-electron chi connectivity index (χ4n) is 3.14. The lowest BCUT2D eigenvalue weighted by Gasteiger charge is -2.18. The Kier molecular flexibility index (Phi) is 3.46. The predicted molar refractivity (Wildman–Crippen MR) is 73.9 cm³/mol. The lowest BCUT2D eigenvalue weighted by atomic mass is 10.1. The average Bonchev–Trinajstić information content (AvgIpc) is 3.12. The Morgan fingerprint density at radius 1 is 1.47 bits per heavy atom. The minimum absolute atomic E-state index is 0.157. The van der Waals surface area contributed by atoms with Crippen molar-refractivity contribution in [3.05, 3.63) is 24.0 Å². The van der Waals surface area contributed by atoms with Crippen LogP contribution in [0.5, 0.6) is 0 Å². The summed E-state index contributed by atoms with van der Waals surface area (Å²) < 4.78 is 0. The van der Waals surface area contributed by atoms with Gasteiger partial charge in [-0.15, -0.1) is 0 Å². The Morgan fingerprint density at radius 2 is 2.37 bits per heavy atom. The third-order valence-corrected chi connectivity index (χ3v) is 4.35. The van der Waals surface area contributed by atoms with Crippen LogP contribution in [0.3, 0.4) is 0 Å². The Balaban J connectivity index is 1.59. The zero-order valence-corrected chi connectivity index (χ0v) is 11.4. The van der Waals surface area contributed by atoms with Crippen LogP contribution in [0, 0.1) is 0 Å². The number of nitrogens with zero attached hydrogens (tertiary/aromatic N) is 2. The highest BCUT2D eigenvalue weighted by molar-refractivity contribution is 5.77. The summed E-state index contributed by atoms with van der Waals surface area (Å²) in [5, 5.41) is 3.49. The van der Waals surface area contributed by atoms with E-state index >= 15 is 0 Å². The Bertz CT molecular complexity index is 425. The van der Waals surface area contributed by atoms with Crippen molar-refractivity contribution in [1.82, 2.24) is 20.1 Å². The van der Waals surface area contributed by atoms with E-state index in [9.17, 15) is 4.79 Å². The van der Waals surface area contributed by atoms with E-state index in [0.29, 0.717) is 6.04 Å². The van der Waals surface area contributed by atoms with E-state index in [4.69, 9.17) is 0 Å². The van der Waals surface area contributed by atoms with Gasteiger partial charge >= 0.3 is 6.03 Å². The number of hydrogen-bond acceptors (Lipinski definition) is 2. The van der Waals surface area contributed by atoms with Gasteiger partial charge in [0.2, 0.25) is 0 Å². The van der Waals surface area contributed by atoms with E-state index in [1.165, 1.54) is 18.4 Å². The number of urea groups is 1. The second kappa shape index (κ2) is 5.25. The first-order chi connectivity index (χ1) is 9.25. The van der Waals surface area contributed by atoms with E-state index < -0.39 is 0 Å². The molecule has 2 fully saturated rings. The molecule has 2 aliphatic rings. The van der Waals surface area contributed by atoms with E-state index in [0.717, 1.165) is 26.1 Å². The molecule has 1 aromatic heterocycles. The van der Waals surface area contributed by atoms with Gasteiger partial charge in [0.05, 0.1) is 6.04 Å². The first-order valence-electron chi connectivity index (χ1n) is 7.13. The molecule has 5 nitrogen and oxygen atoms in total. The Labute approximate surface area is 114 Å². The fraction of sp³-hybridized carbons (Fsp3) is 0.643. The Morgan fingerprint density at radius 3 is 3.05 bits per heavy atom. The molecule has 0 spiro atoms. The first-order valence-corrected chi connectivity index (χ1v) is 7.13. The molecule has 3 heterocycles. The topological polar surface area (TPSA) is 51.4 Å². The maximum absolute atomic E-state index is 12.2. The highest BCUT2D eigenvalue weighted by Crippen LogP contribution is 2.28. The van der Waals surface area contributed by atoms with Gasteiger partial charge < -0.3 is 20.1 Å². The van der Waals surface area contributed by atoms with Gasteiger partial charge in [-0.2, -0.15) is 0 Å². The van der Waals surface area contributed by atoms with Crippen molar-refractivity contribution < 1.29 is 4.79 Å². The molecule has 2 amide bonds. The van der Waals surface area contributed by atoms with Crippen molar-refractivity contribution in [2.75, 3.05) is 26.7 Å². The second-order valence-electron chi connectivity index (χ2n) is 5.58. The summed E-state index contributed by atoms with van der Waals surface area (Å²) in [5.74, 6) is 0.